The van der Waals surface area contributed by atoms with E-state index in [1.54, 1.807) is 19.1 Å². The van der Waals surface area contributed by atoms with Crippen molar-refractivity contribution in [2.75, 3.05) is 13.2 Å². The molecule has 0 aliphatic rings. The standard InChI is InChI=1S/C23H28O4/c1-5-7-8-13-27-23(25)19-12-10-17(4)15-21(19)20-14-16(3)9-11-18(20)22(24)26-6-2/h9-12,14-15H,5-8,13H2,1-4H3. The molecule has 2 rings (SSSR count). The molecule has 0 radical (unpaired) electrons. The second-order valence-corrected chi connectivity index (χ2v) is 6.66. The summed E-state index contributed by atoms with van der Waals surface area (Å²) in [6.45, 7) is 8.49. The van der Waals surface area contributed by atoms with Crippen molar-refractivity contribution in [2.45, 2.75) is 47.0 Å². The van der Waals surface area contributed by atoms with Crippen LogP contribution in [-0.4, -0.2) is 25.2 Å². The molecule has 0 amide bonds. The highest BCUT2D eigenvalue weighted by molar-refractivity contribution is 6.03. The van der Waals surface area contributed by atoms with E-state index in [-0.39, 0.29) is 5.97 Å². The molecule has 0 saturated carbocycles. The highest BCUT2D eigenvalue weighted by atomic mass is 16.5. The van der Waals surface area contributed by atoms with Gasteiger partial charge in [0.25, 0.3) is 0 Å². The van der Waals surface area contributed by atoms with E-state index >= 15 is 0 Å². The highest BCUT2D eigenvalue weighted by Crippen LogP contribution is 2.30. The topological polar surface area (TPSA) is 52.6 Å². The molecule has 0 aliphatic heterocycles. The van der Waals surface area contributed by atoms with E-state index in [9.17, 15) is 9.59 Å². The van der Waals surface area contributed by atoms with E-state index in [1.165, 1.54) is 0 Å². The first kappa shape index (κ1) is 20.7. The molecule has 2 aromatic rings. The van der Waals surface area contributed by atoms with Crippen molar-refractivity contribution in [3.8, 4) is 11.1 Å². The Kier molecular flexibility index (Phi) is 7.59. The third-order valence-electron chi connectivity index (χ3n) is 4.34. The van der Waals surface area contributed by atoms with Crippen LogP contribution in [0.3, 0.4) is 0 Å². The van der Waals surface area contributed by atoms with Crippen LogP contribution in [0.15, 0.2) is 36.4 Å². The zero-order chi connectivity index (χ0) is 19.8. The Labute approximate surface area is 161 Å². The molecule has 0 N–H and O–H groups in total. The van der Waals surface area contributed by atoms with Gasteiger partial charge in [0.15, 0.2) is 0 Å². The van der Waals surface area contributed by atoms with Crippen LogP contribution in [0.1, 0.15) is 65.0 Å². The van der Waals surface area contributed by atoms with Crippen LogP contribution in [0.25, 0.3) is 11.1 Å². The van der Waals surface area contributed by atoms with Gasteiger partial charge in [0, 0.05) is 0 Å². The molecule has 0 fully saturated rings. The molecule has 4 heteroatoms. The molecule has 0 bridgehead atoms. The summed E-state index contributed by atoms with van der Waals surface area (Å²) in [6.07, 6.45) is 2.94. The third-order valence-corrected chi connectivity index (χ3v) is 4.34. The van der Waals surface area contributed by atoms with Gasteiger partial charge in [-0.25, -0.2) is 9.59 Å². The largest absolute Gasteiger partial charge is 0.462 e. The van der Waals surface area contributed by atoms with Crippen LogP contribution >= 0.6 is 0 Å². The molecular weight excluding hydrogens is 340 g/mol. The lowest BCUT2D eigenvalue weighted by Gasteiger charge is -2.15. The van der Waals surface area contributed by atoms with Crippen molar-refractivity contribution >= 4 is 11.9 Å². The van der Waals surface area contributed by atoms with Gasteiger partial charge in [0.2, 0.25) is 0 Å². The number of ether oxygens (including phenoxy) is 2. The smallest absolute Gasteiger partial charge is 0.338 e. The molecule has 0 saturated heterocycles. The quantitative estimate of drug-likeness (QED) is 0.456. The van der Waals surface area contributed by atoms with E-state index in [4.69, 9.17) is 9.47 Å². The monoisotopic (exact) mass is 368 g/mol. The molecule has 27 heavy (non-hydrogen) atoms. The summed E-state index contributed by atoms with van der Waals surface area (Å²) in [6, 6.07) is 11.1. The van der Waals surface area contributed by atoms with Crippen molar-refractivity contribution in [1.29, 1.82) is 0 Å². The zero-order valence-electron chi connectivity index (χ0n) is 16.6. The average molecular weight is 368 g/mol. The first-order valence-electron chi connectivity index (χ1n) is 9.53. The second kappa shape index (κ2) is 9.91. The SMILES string of the molecule is CCCCCOC(=O)c1ccc(C)cc1-c1cc(C)ccc1C(=O)OCC. The fourth-order valence-corrected chi connectivity index (χ4v) is 2.92. The van der Waals surface area contributed by atoms with Gasteiger partial charge in [0.1, 0.15) is 0 Å². The van der Waals surface area contributed by atoms with E-state index in [0.29, 0.717) is 35.5 Å². The minimum absolute atomic E-state index is 0.298. The predicted molar refractivity (Wildman–Crippen MR) is 107 cm³/mol. The minimum atomic E-state index is -0.392. The van der Waals surface area contributed by atoms with Crippen molar-refractivity contribution in [3.63, 3.8) is 0 Å². The Balaban J connectivity index is 2.46. The van der Waals surface area contributed by atoms with Gasteiger partial charge in [-0.1, -0.05) is 55.2 Å². The summed E-state index contributed by atoms with van der Waals surface area (Å²) >= 11 is 0. The van der Waals surface area contributed by atoms with Crippen LogP contribution in [0.2, 0.25) is 0 Å². The normalized spacial score (nSPS) is 10.5. The number of carbonyl (C=O) groups excluding carboxylic acids is 2. The summed E-state index contributed by atoms with van der Waals surface area (Å²) in [7, 11) is 0. The number of benzene rings is 2. The Morgan fingerprint density at radius 2 is 1.30 bits per heavy atom. The number of rotatable bonds is 8. The molecule has 4 nitrogen and oxygen atoms in total. The average Bonchev–Trinajstić information content (AvgIpc) is 2.65. The van der Waals surface area contributed by atoms with E-state index < -0.39 is 5.97 Å². The highest BCUT2D eigenvalue weighted by Gasteiger charge is 2.20. The van der Waals surface area contributed by atoms with Crippen LogP contribution in [0.4, 0.5) is 0 Å². The molecule has 0 spiro atoms. The number of aryl methyl sites for hydroxylation is 2. The van der Waals surface area contributed by atoms with Crippen LogP contribution < -0.4 is 0 Å². The van der Waals surface area contributed by atoms with Gasteiger partial charge >= 0.3 is 11.9 Å². The van der Waals surface area contributed by atoms with Gasteiger partial charge in [0.05, 0.1) is 24.3 Å². The molecule has 0 aliphatic carbocycles. The van der Waals surface area contributed by atoms with Crippen LogP contribution in [-0.2, 0) is 9.47 Å². The summed E-state index contributed by atoms with van der Waals surface area (Å²) in [5, 5.41) is 0. The molecule has 0 aromatic heterocycles. The molecule has 0 heterocycles. The fraction of sp³-hybridized carbons (Fsp3) is 0.391. The lowest BCUT2D eigenvalue weighted by Crippen LogP contribution is -2.11. The maximum Gasteiger partial charge on any atom is 0.338 e. The maximum atomic E-state index is 12.7. The van der Waals surface area contributed by atoms with Crippen molar-refractivity contribution in [3.05, 3.63) is 58.7 Å². The van der Waals surface area contributed by atoms with Gasteiger partial charge in [-0.2, -0.15) is 0 Å². The number of esters is 2. The third kappa shape index (κ3) is 5.43. The number of hydrogen-bond acceptors (Lipinski definition) is 4. The summed E-state index contributed by atoms with van der Waals surface area (Å²) < 4.78 is 10.7. The molecule has 0 atom stereocenters. The Morgan fingerprint density at radius 1 is 0.778 bits per heavy atom. The maximum absolute atomic E-state index is 12.7. The number of carbonyl (C=O) groups is 2. The van der Waals surface area contributed by atoms with Gasteiger partial charge in [-0.05, 0) is 50.5 Å². The Morgan fingerprint density at radius 3 is 1.78 bits per heavy atom. The molecular formula is C23H28O4. The zero-order valence-corrected chi connectivity index (χ0v) is 16.6. The van der Waals surface area contributed by atoms with Crippen LogP contribution in [0, 0.1) is 13.8 Å². The van der Waals surface area contributed by atoms with Crippen molar-refractivity contribution in [1.82, 2.24) is 0 Å². The molecule has 0 unspecified atom stereocenters. The Bertz CT molecular complexity index is 808. The molecule has 2 aromatic carbocycles. The fourth-order valence-electron chi connectivity index (χ4n) is 2.92. The van der Waals surface area contributed by atoms with Crippen molar-refractivity contribution in [2.24, 2.45) is 0 Å². The van der Waals surface area contributed by atoms with E-state index in [1.807, 2.05) is 38.1 Å². The first-order chi connectivity index (χ1) is 13.0. The van der Waals surface area contributed by atoms with Crippen LogP contribution in [0.5, 0.6) is 0 Å². The van der Waals surface area contributed by atoms with E-state index in [0.717, 1.165) is 30.4 Å². The lowest BCUT2D eigenvalue weighted by atomic mass is 9.92. The Hall–Kier alpha value is -2.62. The van der Waals surface area contributed by atoms with E-state index in [2.05, 4.69) is 6.92 Å². The minimum Gasteiger partial charge on any atom is -0.462 e. The number of hydrogen-bond donors (Lipinski definition) is 0. The summed E-state index contributed by atoms with van der Waals surface area (Å²) in [4.78, 5) is 25.1. The predicted octanol–water partition coefficient (Wildman–Crippen LogP) is 5.49. The molecule has 144 valence electrons. The van der Waals surface area contributed by atoms with Crippen molar-refractivity contribution < 1.29 is 19.1 Å². The van der Waals surface area contributed by atoms with Gasteiger partial charge < -0.3 is 9.47 Å². The van der Waals surface area contributed by atoms with Gasteiger partial charge in [-0.3, -0.25) is 0 Å². The first-order valence-corrected chi connectivity index (χ1v) is 9.53. The number of unbranched alkanes of at least 4 members (excludes halogenated alkanes) is 2. The summed E-state index contributed by atoms with van der Waals surface area (Å²) in [5.41, 5.74) is 4.31. The summed E-state index contributed by atoms with van der Waals surface area (Å²) in [5.74, 6) is -0.756. The lowest BCUT2D eigenvalue weighted by molar-refractivity contribution is 0.0494. The van der Waals surface area contributed by atoms with Gasteiger partial charge in [-0.15, -0.1) is 0 Å². The second-order valence-electron chi connectivity index (χ2n) is 6.66.